The van der Waals surface area contributed by atoms with Gasteiger partial charge < -0.3 is 14.6 Å². The van der Waals surface area contributed by atoms with Gasteiger partial charge in [0.25, 0.3) is 0 Å². The highest BCUT2D eigenvalue weighted by atomic mass is 16.5. The van der Waals surface area contributed by atoms with Crippen molar-refractivity contribution in [1.29, 1.82) is 0 Å². The molecule has 1 aliphatic rings. The summed E-state index contributed by atoms with van der Waals surface area (Å²) in [6, 6.07) is 3.18. The van der Waals surface area contributed by atoms with Gasteiger partial charge >= 0.3 is 5.97 Å². The minimum atomic E-state index is -1.01. The Labute approximate surface area is 106 Å². The number of carboxylic acids is 1. The number of hydrogen-bond acceptors (Lipinski definition) is 3. The fourth-order valence-electron chi connectivity index (χ4n) is 1.94. The van der Waals surface area contributed by atoms with Crippen LogP contribution in [0, 0.1) is 0 Å². The van der Waals surface area contributed by atoms with E-state index in [9.17, 15) is 4.79 Å². The minimum absolute atomic E-state index is 0.142. The third-order valence-electron chi connectivity index (χ3n) is 3.27. The van der Waals surface area contributed by atoms with Crippen LogP contribution in [0.2, 0.25) is 0 Å². The number of aromatic carboxylic acids is 1. The summed E-state index contributed by atoms with van der Waals surface area (Å²) >= 11 is 0. The number of carboxylic acid groups (broad SMARTS) is 1. The van der Waals surface area contributed by atoms with Crippen LogP contribution in [0.5, 0.6) is 11.5 Å². The van der Waals surface area contributed by atoms with Crippen molar-refractivity contribution in [1.82, 2.24) is 0 Å². The largest absolute Gasteiger partial charge is 0.495 e. The van der Waals surface area contributed by atoms with Gasteiger partial charge in [0.2, 0.25) is 0 Å². The van der Waals surface area contributed by atoms with Crippen molar-refractivity contribution in [2.45, 2.75) is 26.4 Å². The molecular weight excluding hydrogens is 232 g/mol. The van der Waals surface area contributed by atoms with Crippen LogP contribution in [0.1, 0.15) is 36.7 Å². The standard InChI is InChI=1S/C14H16O4/c1-8-7-10-11(18-14(8,2)3)6-5-9(13(15)16)12(10)17-4/h5-7H,1-4H3,(H,15,16). The summed E-state index contributed by atoms with van der Waals surface area (Å²) in [7, 11) is 1.46. The van der Waals surface area contributed by atoms with E-state index in [1.54, 1.807) is 6.07 Å². The molecule has 0 radical (unpaired) electrons. The molecule has 0 spiro atoms. The van der Waals surface area contributed by atoms with E-state index in [-0.39, 0.29) is 11.2 Å². The SMILES string of the molecule is COc1c(C(=O)O)ccc2c1C=C(C)C(C)(C)O2. The van der Waals surface area contributed by atoms with Crippen molar-refractivity contribution < 1.29 is 19.4 Å². The van der Waals surface area contributed by atoms with Crippen LogP contribution in [0.3, 0.4) is 0 Å². The lowest BCUT2D eigenvalue weighted by Crippen LogP contribution is -2.32. The molecule has 0 aliphatic carbocycles. The van der Waals surface area contributed by atoms with Crippen LogP contribution in [0.4, 0.5) is 0 Å². The average molecular weight is 248 g/mol. The number of rotatable bonds is 2. The molecule has 1 aromatic rings. The maximum Gasteiger partial charge on any atom is 0.339 e. The lowest BCUT2D eigenvalue weighted by atomic mass is 9.92. The van der Waals surface area contributed by atoms with Gasteiger partial charge in [-0.3, -0.25) is 0 Å². The number of hydrogen-bond donors (Lipinski definition) is 1. The molecule has 1 N–H and O–H groups in total. The van der Waals surface area contributed by atoms with Crippen molar-refractivity contribution in [2.24, 2.45) is 0 Å². The number of fused-ring (bicyclic) bond motifs is 1. The van der Waals surface area contributed by atoms with Crippen molar-refractivity contribution >= 4 is 12.0 Å². The van der Waals surface area contributed by atoms with E-state index in [0.717, 1.165) is 5.57 Å². The van der Waals surface area contributed by atoms with Gasteiger partial charge in [0, 0.05) is 0 Å². The maximum absolute atomic E-state index is 11.1. The first kappa shape index (κ1) is 12.5. The molecule has 0 bridgehead atoms. The third-order valence-corrected chi connectivity index (χ3v) is 3.27. The summed E-state index contributed by atoms with van der Waals surface area (Å²) < 4.78 is 11.1. The Morgan fingerprint density at radius 3 is 2.61 bits per heavy atom. The number of carbonyl (C=O) groups is 1. The lowest BCUT2D eigenvalue weighted by molar-refractivity contribution is 0.0693. The summed E-state index contributed by atoms with van der Waals surface area (Å²) in [5, 5.41) is 9.13. The Balaban J connectivity index is 2.67. The van der Waals surface area contributed by atoms with Crippen LogP contribution in [-0.2, 0) is 0 Å². The molecule has 1 aliphatic heterocycles. The molecular formula is C14H16O4. The molecule has 0 saturated carbocycles. The van der Waals surface area contributed by atoms with Crippen molar-refractivity contribution in [2.75, 3.05) is 7.11 Å². The number of ether oxygens (including phenoxy) is 2. The van der Waals surface area contributed by atoms with E-state index in [4.69, 9.17) is 14.6 Å². The normalized spacial score (nSPS) is 16.3. The first-order valence-electron chi connectivity index (χ1n) is 5.69. The molecule has 96 valence electrons. The van der Waals surface area contributed by atoms with Crippen LogP contribution in [-0.4, -0.2) is 23.8 Å². The second-order valence-corrected chi connectivity index (χ2v) is 4.80. The Morgan fingerprint density at radius 2 is 2.06 bits per heavy atom. The second-order valence-electron chi connectivity index (χ2n) is 4.80. The van der Waals surface area contributed by atoms with Gasteiger partial charge in [-0.05, 0) is 44.6 Å². The molecule has 2 rings (SSSR count). The van der Waals surface area contributed by atoms with E-state index >= 15 is 0 Å². The van der Waals surface area contributed by atoms with Gasteiger partial charge in [0.15, 0.2) is 0 Å². The van der Waals surface area contributed by atoms with Crippen molar-refractivity contribution in [3.05, 3.63) is 28.8 Å². The van der Waals surface area contributed by atoms with Gasteiger partial charge in [-0.1, -0.05) is 0 Å². The Bertz CT molecular complexity index is 541. The fourth-order valence-corrected chi connectivity index (χ4v) is 1.94. The van der Waals surface area contributed by atoms with Gasteiger partial charge in [-0.2, -0.15) is 0 Å². The topological polar surface area (TPSA) is 55.8 Å². The first-order valence-corrected chi connectivity index (χ1v) is 5.69. The monoisotopic (exact) mass is 248 g/mol. The first-order chi connectivity index (χ1) is 8.36. The van der Waals surface area contributed by atoms with Crippen molar-refractivity contribution in [3.63, 3.8) is 0 Å². The lowest BCUT2D eigenvalue weighted by Gasteiger charge is -2.33. The molecule has 1 heterocycles. The summed E-state index contributed by atoms with van der Waals surface area (Å²) in [6.07, 6.45) is 1.92. The highest BCUT2D eigenvalue weighted by Gasteiger charge is 2.30. The smallest absolute Gasteiger partial charge is 0.339 e. The van der Waals surface area contributed by atoms with Crippen LogP contribution < -0.4 is 9.47 Å². The van der Waals surface area contributed by atoms with Crippen LogP contribution in [0.15, 0.2) is 17.7 Å². The zero-order chi connectivity index (χ0) is 13.5. The molecule has 0 saturated heterocycles. The average Bonchev–Trinajstić information content (AvgIpc) is 2.28. The molecule has 0 unspecified atom stereocenters. The number of benzene rings is 1. The molecule has 0 amide bonds. The summed E-state index contributed by atoms with van der Waals surface area (Å²) in [6.45, 7) is 5.90. The molecule has 4 heteroatoms. The molecule has 18 heavy (non-hydrogen) atoms. The quantitative estimate of drug-likeness (QED) is 0.874. The summed E-state index contributed by atoms with van der Waals surface area (Å²) in [4.78, 5) is 11.1. The predicted molar refractivity (Wildman–Crippen MR) is 68.3 cm³/mol. The highest BCUT2D eigenvalue weighted by Crippen LogP contribution is 2.41. The van der Waals surface area contributed by atoms with E-state index < -0.39 is 5.97 Å². The molecule has 0 fully saturated rings. The zero-order valence-corrected chi connectivity index (χ0v) is 10.9. The predicted octanol–water partition coefficient (Wildman–Crippen LogP) is 2.97. The minimum Gasteiger partial charge on any atom is -0.495 e. The van der Waals surface area contributed by atoms with E-state index in [1.165, 1.54) is 13.2 Å². The molecule has 1 aromatic carbocycles. The summed E-state index contributed by atoms with van der Waals surface area (Å²) in [5.41, 5.74) is 1.47. The highest BCUT2D eigenvalue weighted by molar-refractivity contribution is 5.93. The fraction of sp³-hybridized carbons (Fsp3) is 0.357. The van der Waals surface area contributed by atoms with Gasteiger partial charge in [0.1, 0.15) is 22.7 Å². The molecule has 4 nitrogen and oxygen atoms in total. The van der Waals surface area contributed by atoms with Gasteiger partial charge in [-0.15, -0.1) is 0 Å². The maximum atomic E-state index is 11.1. The summed E-state index contributed by atoms with van der Waals surface area (Å²) in [5.74, 6) is -0.0205. The van der Waals surface area contributed by atoms with Crippen LogP contribution >= 0.6 is 0 Å². The van der Waals surface area contributed by atoms with E-state index in [1.807, 2.05) is 26.8 Å². The Morgan fingerprint density at radius 1 is 1.39 bits per heavy atom. The van der Waals surface area contributed by atoms with Gasteiger partial charge in [-0.25, -0.2) is 4.79 Å². The number of methoxy groups -OCH3 is 1. The van der Waals surface area contributed by atoms with Gasteiger partial charge in [0.05, 0.1) is 12.7 Å². The Kier molecular flexibility index (Phi) is 2.81. The zero-order valence-electron chi connectivity index (χ0n) is 10.9. The second kappa shape index (κ2) is 4.05. The Hall–Kier alpha value is -1.97. The molecule has 0 atom stereocenters. The van der Waals surface area contributed by atoms with E-state index in [2.05, 4.69) is 0 Å². The van der Waals surface area contributed by atoms with E-state index in [0.29, 0.717) is 17.1 Å². The van der Waals surface area contributed by atoms with Crippen molar-refractivity contribution in [3.8, 4) is 11.5 Å². The third kappa shape index (κ3) is 1.83. The molecule has 0 aromatic heterocycles. The van der Waals surface area contributed by atoms with Crippen LogP contribution in [0.25, 0.3) is 6.08 Å².